The van der Waals surface area contributed by atoms with E-state index >= 15 is 0 Å². The topological polar surface area (TPSA) is 15.3 Å². The lowest BCUT2D eigenvalue weighted by atomic mass is 9.86. The van der Waals surface area contributed by atoms with Gasteiger partial charge in [0.25, 0.3) is 0 Å². The van der Waals surface area contributed by atoms with E-state index in [9.17, 15) is 0 Å². The van der Waals surface area contributed by atoms with E-state index in [2.05, 4.69) is 38.2 Å². The lowest BCUT2D eigenvalue weighted by Gasteiger charge is -2.37. The van der Waals surface area contributed by atoms with E-state index in [4.69, 9.17) is 0 Å². The lowest BCUT2D eigenvalue weighted by Crippen LogP contribution is -2.45. The van der Waals surface area contributed by atoms with Crippen molar-refractivity contribution in [2.75, 3.05) is 27.2 Å². The van der Waals surface area contributed by atoms with Crippen molar-refractivity contribution in [3.63, 3.8) is 0 Å². The van der Waals surface area contributed by atoms with Gasteiger partial charge in [0.15, 0.2) is 0 Å². The summed E-state index contributed by atoms with van der Waals surface area (Å²) in [5.74, 6) is 0.817. The zero-order valence-electron chi connectivity index (χ0n) is 8.15. The number of rotatable bonds is 2. The van der Waals surface area contributed by atoms with Gasteiger partial charge in [0.1, 0.15) is 0 Å². The molecule has 0 bridgehead atoms. The van der Waals surface area contributed by atoms with Gasteiger partial charge in [-0.1, -0.05) is 0 Å². The van der Waals surface area contributed by atoms with Gasteiger partial charge < -0.3 is 10.2 Å². The molecule has 1 aliphatic rings. The molecule has 1 rings (SSSR count). The molecular formula is C9H20N2. The van der Waals surface area contributed by atoms with Gasteiger partial charge in [0.05, 0.1) is 0 Å². The van der Waals surface area contributed by atoms with Crippen LogP contribution in [0.2, 0.25) is 0 Å². The van der Waals surface area contributed by atoms with Crippen LogP contribution in [0.1, 0.15) is 20.3 Å². The molecule has 2 heteroatoms. The fourth-order valence-electron chi connectivity index (χ4n) is 1.62. The van der Waals surface area contributed by atoms with Crippen molar-refractivity contribution >= 4 is 0 Å². The molecule has 0 aromatic rings. The van der Waals surface area contributed by atoms with Crippen molar-refractivity contribution in [1.82, 2.24) is 10.2 Å². The largest absolute Gasteiger partial charge is 0.316 e. The number of hydrogen-bond acceptors (Lipinski definition) is 2. The summed E-state index contributed by atoms with van der Waals surface area (Å²) in [5.41, 5.74) is 0.351. The number of nitrogens with one attached hydrogen (secondary N) is 1. The third kappa shape index (κ3) is 1.74. The molecule has 1 heterocycles. The highest BCUT2D eigenvalue weighted by atomic mass is 15.1. The first-order valence-electron chi connectivity index (χ1n) is 4.43. The van der Waals surface area contributed by atoms with Gasteiger partial charge in [-0.3, -0.25) is 0 Å². The van der Waals surface area contributed by atoms with E-state index in [1.54, 1.807) is 0 Å². The van der Waals surface area contributed by atoms with Crippen LogP contribution in [-0.4, -0.2) is 37.6 Å². The molecule has 0 saturated carbocycles. The first-order chi connectivity index (χ1) is 5.05. The molecule has 1 fully saturated rings. The van der Waals surface area contributed by atoms with Crippen LogP contribution in [0, 0.1) is 5.92 Å². The fraction of sp³-hybridized carbons (Fsp3) is 1.00. The summed E-state index contributed by atoms with van der Waals surface area (Å²) in [6.45, 7) is 7.03. The number of nitrogens with zero attached hydrogens (tertiary/aromatic N) is 1. The summed E-state index contributed by atoms with van der Waals surface area (Å²) in [7, 11) is 4.33. The summed E-state index contributed by atoms with van der Waals surface area (Å²) in [6, 6.07) is 0. The van der Waals surface area contributed by atoms with Gasteiger partial charge in [-0.2, -0.15) is 0 Å². The van der Waals surface area contributed by atoms with Gasteiger partial charge in [0.2, 0.25) is 0 Å². The van der Waals surface area contributed by atoms with E-state index in [1.165, 1.54) is 19.5 Å². The second-order valence-corrected chi connectivity index (χ2v) is 4.24. The summed E-state index contributed by atoms with van der Waals surface area (Å²) in [6.07, 6.45) is 1.32. The Kier molecular flexibility index (Phi) is 2.55. The maximum Gasteiger partial charge on any atom is 0.0187 e. The molecule has 66 valence electrons. The van der Waals surface area contributed by atoms with Crippen LogP contribution in [0.3, 0.4) is 0 Å². The molecule has 1 saturated heterocycles. The molecule has 0 radical (unpaired) electrons. The average Bonchev–Trinajstić information content (AvgIpc) is 2.37. The highest BCUT2D eigenvalue weighted by Crippen LogP contribution is 2.26. The predicted molar refractivity (Wildman–Crippen MR) is 48.7 cm³/mol. The summed E-state index contributed by atoms with van der Waals surface area (Å²) < 4.78 is 0. The van der Waals surface area contributed by atoms with Crippen molar-refractivity contribution in [3.8, 4) is 0 Å². The van der Waals surface area contributed by atoms with Gasteiger partial charge >= 0.3 is 0 Å². The first kappa shape index (κ1) is 9.01. The van der Waals surface area contributed by atoms with Crippen molar-refractivity contribution in [3.05, 3.63) is 0 Å². The molecule has 0 aromatic carbocycles. The third-order valence-corrected chi connectivity index (χ3v) is 3.21. The molecule has 2 nitrogen and oxygen atoms in total. The Labute approximate surface area is 70.0 Å². The summed E-state index contributed by atoms with van der Waals surface area (Å²) >= 11 is 0. The van der Waals surface area contributed by atoms with Gasteiger partial charge in [0, 0.05) is 5.54 Å². The van der Waals surface area contributed by atoms with Crippen LogP contribution in [-0.2, 0) is 0 Å². The fourth-order valence-corrected chi connectivity index (χ4v) is 1.62. The lowest BCUT2D eigenvalue weighted by molar-refractivity contribution is 0.126. The normalized spacial score (nSPS) is 26.5. The van der Waals surface area contributed by atoms with Crippen molar-refractivity contribution < 1.29 is 0 Å². The molecule has 0 amide bonds. The minimum atomic E-state index is 0.351. The zero-order valence-corrected chi connectivity index (χ0v) is 8.15. The van der Waals surface area contributed by atoms with Crippen molar-refractivity contribution in [2.24, 2.45) is 5.92 Å². The Bertz CT molecular complexity index is 124. The standard InChI is InChI=1S/C9H20N2/c1-9(2,11(3)4)8-5-6-10-7-8/h8,10H,5-7H2,1-4H3. The molecule has 11 heavy (non-hydrogen) atoms. The van der Waals surface area contributed by atoms with Crippen LogP contribution >= 0.6 is 0 Å². The Morgan fingerprint density at radius 1 is 1.36 bits per heavy atom. The second kappa shape index (κ2) is 3.11. The van der Waals surface area contributed by atoms with Gasteiger partial charge in [-0.25, -0.2) is 0 Å². The van der Waals surface area contributed by atoms with E-state index in [-0.39, 0.29) is 0 Å². The molecule has 0 aromatic heterocycles. The molecular weight excluding hydrogens is 136 g/mol. The minimum Gasteiger partial charge on any atom is -0.316 e. The summed E-state index contributed by atoms with van der Waals surface area (Å²) in [5, 5.41) is 3.41. The molecule has 1 unspecified atom stereocenters. The molecule has 0 aliphatic carbocycles. The smallest absolute Gasteiger partial charge is 0.0187 e. The van der Waals surface area contributed by atoms with E-state index in [0.717, 1.165) is 5.92 Å². The third-order valence-electron chi connectivity index (χ3n) is 3.21. The Balaban J connectivity index is 2.55. The van der Waals surface area contributed by atoms with E-state index in [0.29, 0.717) is 5.54 Å². The maximum absolute atomic E-state index is 3.41. The van der Waals surface area contributed by atoms with Gasteiger partial charge in [-0.05, 0) is 53.4 Å². The minimum absolute atomic E-state index is 0.351. The zero-order chi connectivity index (χ0) is 8.48. The molecule has 1 atom stereocenters. The van der Waals surface area contributed by atoms with Crippen molar-refractivity contribution in [1.29, 1.82) is 0 Å². The summed E-state index contributed by atoms with van der Waals surface area (Å²) in [4.78, 5) is 2.32. The Hall–Kier alpha value is -0.0800. The van der Waals surface area contributed by atoms with Crippen LogP contribution in [0.25, 0.3) is 0 Å². The average molecular weight is 156 g/mol. The Morgan fingerprint density at radius 2 is 2.00 bits per heavy atom. The van der Waals surface area contributed by atoms with Crippen molar-refractivity contribution in [2.45, 2.75) is 25.8 Å². The second-order valence-electron chi connectivity index (χ2n) is 4.24. The molecule has 1 N–H and O–H groups in total. The maximum atomic E-state index is 3.41. The monoisotopic (exact) mass is 156 g/mol. The highest BCUT2D eigenvalue weighted by molar-refractivity contribution is 4.90. The molecule has 0 spiro atoms. The van der Waals surface area contributed by atoms with Crippen LogP contribution < -0.4 is 5.32 Å². The number of hydrogen-bond donors (Lipinski definition) is 1. The van der Waals surface area contributed by atoms with E-state index in [1.807, 2.05) is 0 Å². The predicted octanol–water partition coefficient (Wildman–Crippen LogP) is 0.936. The quantitative estimate of drug-likeness (QED) is 0.640. The molecule has 1 aliphatic heterocycles. The van der Waals surface area contributed by atoms with Gasteiger partial charge in [-0.15, -0.1) is 0 Å². The highest BCUT2D eigenvalue weighted by Gasteiger charge is 2.33. The van der Waals surface area contributed by atoms with Crippen LogP contribution in [0.15, 0.2) is 0 Å². The first-order valence-corrected chi connectivity index (χ1v) is 4.43. The van der Waals surface area contributed by atoms with Crippen LogP contribution in [0.4, 0.5) is 0 Å². The van der Waals surface area contributed by atoms with Crippen LogP contribution in [0.5, 0.6) is 0 Å². The Morgan fingerprint density at radius 3 is 2.36 bits per heavy atom. The SMILES string of the molecule is CN(C)C(C)(C)C1CCNC1. The van der Waals surface area contributed by atoms with E-state index < -0.39 is 0 Å².